The summed E-state index contributed by atoms with van der Waals surface area (Å²) in [5.41, 5.74) is 5.46. The molecule has 0 spiro atoms. The highest BCUT2D eigenvalue weighted by molar-refractivity contribution is 5.87. The molecule has 1 unspecified atom stereocenters. The minimum atomic E-state index is -0.0744. The highest BCUT2D eigenvalue weighted by Gasteiger charge is 2.29. The molecule has 3 heteroatoms. The molecule has 22 heavy (non-hydrogen) atoms. The van der Waals surface area contributed by atoms with E-state index in [4.69, 9.17) is 4.74 Å². The summed E-state index contributed by atoms with van der Waals surface area (Å²) in [6.45, 7) is 6.71. The van der Waals surface area contributed by atoms with Gasteiger partial charge in [0, 0.05) is 23.6 Å². The van der Waals surface area contributed by atoms with E-state index in [2.05, 4.69) is 50.6 Å². The summed E-state index contributed by atoms with van der Waals surface area (Å²) in [5.74, 6) is -0.0731. The minimum absolute atomic E-state index is 0.00129. The number of nitrogens with zero attached hydrogens (tertiary/aromatic N) is 1. The Kier molecular flexibility index (Phi) is 3.54. The maximum absolute atomic E-state index is 11.9. The standard InChI is InChI=1S/C19H25NO2/c1-19(2,3)13-7-9-17-15(11-13)14-10-12(18(21)22-5)6-8-16(14)20(17)4/h7,9,11-12H,6,8,10H2,1-5H3. The van der Waals surface area contributed by atoms with Crippen LogP contribution in [0.3, 0.4) is 0 Å². The van der Waals surface area contributed by atoms with Crippen LogP contribution in [0, 0.1) is 5.92 Å². The largest absolute Gasteiger partial charge is 0.469 e. The van der Waals surface area contributed by atoms with Crippen LogP contribution in [0.1, 0.15) is 44.0 Å². The number of carbonyl (C=O) groups is 1. The maximum Gasteiger partial charge on any atom is 0.309 e. The molecule has 118 valence electrons. The second-order valence-electron chi connectivity index (χ2n) is 7.43. The molecular formula is C19H25NO2. The zero-order valence-corrected chi connectivity index (χ0v) is 14.2. The van der Waals surface area contributed by atoms with Crippen molar-refractivity contribution in [2.45, 2.75) is 45.4 Å². The van der Waals surface area contributed by atoms with Crippen molar-refractivity contribution in [1.82, 2.24) is 4.57 Å². The fourth-order valence-electron chi connectivity index (χ4n) is 3.61. The second-order valence-corrected chi connectivity index (χ2v) is 7.43. The molecule has 1 aromatic carbocycles. The van der Waals surface area contributed by atoms with Gasteiger partial charge in [0.15, 0.2) is 0 Å². The van der Waals surface area contributed by atoms with E-state index < -0.39 is 0 Å². The van der Waals surface area contributed by atoms with Crippen LogP contribution < -0.4 is 0 Å². The van der Waals surface area contributed by atoms with Crippen LogP contribution >= 0.6 is 0 Å². The smallest absolute Gasteiger partial charge is 0.309 e. The predicted octanol–water partition coefficient (Wildman–Crippen LogP) is 3.75. The van der Waals surface area contributed by atoms with Gasteiger partial charge in [0.1, 0.15) is 0 Å². The molecule has 0 bridgehead atoms. The summed E-state index contributed by atoms with van der Waals surface area (Å²) in [7, 11) is 3.62. The van der Waals surface area contributed by atoms with Crippen LogP contribution in [-0.2, 0) is 34.8 Å². The molecule has 2 aromatic rings. The first-order valence-electron chi connectivity index (χ1n) is 8.01. The number of methoxy groups -OCH3 is 1. The molecule has 3 rings (SSSR count). The molecule has 0 fully saturated rings. The summed E-state index contributed by atoms with van der Waals surface area (Å²) in [4.78, 5) is 11.9. The van der Waals surface area contributed by atoms with Crippen LogP contribution in [0.5, 0.6) is 0 Å². The van der Waals surface area contributed by atoms with Gasteiger partial charge in [-0.3, -0.25) is 4.79 Å². The zero-order chi connectivity index (χ0) is 16.1. The van der Waals surface area contributed by atoms with E-state index in [0.717, 1.165) is 19.3 Å². The number of carbonyl (C=O) groups excluding carboxylic acids is 1. The molecule has 0 saturated carbocycles. The molecule has 1 aliphatic carbocycles. The first kappa shape index (κ1) is 15.1. The van der Waals surface area contributed by atoms with Gasteiger partial charge >= 0.3 is 5.97 Å². The number of hydrogen-bond donors (Lipinski definition) is 0. The number of esters is 1. The Morgan fingerprint density at radius 1 is 1.32 bits per heavy atom. The molecule has 1 atom stereocenters. The number of rotatable bonds is 1. The molecule has 1 aliphatic rings. The van der Waals surface area contributed by atoms with Crippen molar-refractivity contribution >= 4 is 16.9 Å². The molecule has 1 heterocycles. The molecule has 0 amide bonds. The Hall–Kier alpha value is -1.77. The van der Waals surface area contributed by atoms with Gasteiger partial charge in [-0.15, -0.1) is 0 Å². The lowest BCUT2D eigenvalue weighted by Crippen LogP contribution is -2.24. The van der Waals surface area contributed by atoms with Gasteiger partial charge in [0.05, 0.1) is 13.0 Å². The first-order valence-corrected chi connectivity index (χ1v) is 8.01. The average Bonchev–Trinajstić information content (AvgIpc) is 2.78. The van der Waals surface area contributed by atoms with E-state index in [0.29, 0.717) is 0 Å². The Morgan fingerprint density at radius 2 is 2.05 bits per heavy atom. The van der Waals surface area contributed by atoms with Crippen molar-refractivity contribution in [3.05, 3.63) is 35.0 Å². The number of fused-ring (bicyclic) bond motifs is 3. The van der Waals surface area contributed by atoms with Crippen LogP contribution in [0.2, 0.25) is 0 Å². The Balaban J connectivity index is 2.13. The normalized spacial score (nSPS) is 18.3. The van der Waals surface area contributed by atoms with Crippen molar-refractivity contribution < 1.29 is 9.53 Å². The summed E-state index contributed by atoms with van der Waals surface area (Å²) < 4.78 is 7.25. The fraction of sp³-hybridized carbons (Fsp3) is 0.526. The number of aryl methyl sites for hydroxylation is 1. The Bertz CT molecular complexity index is 734. The summed E-state index contributed by atoms with van der Waals surface area (Å²) in [6.07, 6.45) is 2.63. The van der Waals surface area contributed by atoms with E-state index in [9.17, 15) is 4.79 Å². The number of benzene rings is 1. The molecular weight excluding hydrogens is 274 g/mol. The topological polar surface area (TPSA) is 31.2 Å². The maximum atomic E-state index is 11.9. The second kappa shape index (κ2) is 5.15. The van der Waals surface area contributed by atoms with E-state index in [1.54, 1.807) is 0 Å². The minimum Gasteiger partial charge on any atom is -0.469 e. The van der Waals surface area contributed by atoms with Crippen LogP contribution in [0.4, 0.5) is 0 Å². The van der Waals surface area contributed by atoms with Crippen molar-refractivity contribution in [3.8, 4) is 0 Å². The Morgan fingerprint density at radius 3 is 2.68 bits per heavy atom. The molecule has 1 aromatic heterocycles. The highest BCUT2D eigenvalue weighted by Crippen LogP contribution is 2.36. The lowest BCUT2D eigenvalue weighted by atomic mass is 9.83. The quantitative estimate of drug-likeness (QED) is 0.751. The van der Waals surface area contributed by atoms with Gasteiger partial charge in [-0.25, -0.2) is 0 Å². The number of ether oxygens (including phenoxy) is 1. The van der Waals surface area contributed by atoms with Gasteiger partial charge in [-0.2, -0.15) is 0 Å². The molecule has 0 aliphatic heterocycles. The first-order chi connectivity index (χ1) is 10.3. The lowest BCUT2D eigenvalue weighted by molar-refractivity contribution is -0.145. The molecule has 0 N–H and O–H groups in total. The van der Waals surface area contributed by atoms with E-state index >= 15 is 0 Å². The third-order valence-corrected chi connectivity index (χ3v) is 5.02. The molecule has 0 saturated heterocycles. The lowest BCUT2D eigenvalue weighted by Gasteiger charge is -2.22. The predicted molar refractivity (Wildman–Crippen MR) is 89.2 cm³/mol. The monoisotopic (exact) mass is 299 g/mol. The van der Waals surface area contributed by atoms with Crippen LogP contribution in [0.15, 0.2) is 18.2 Å². The van der Waals surface area contributed by atoms with E-state index in [-0.39, 0.29) is 17.3 Å². The van der Waals surface area contributed by atoms with Crippen LogP contribution in [0.25, 0.3) is 10.9 Å². The molecule has 0 radical (unpaired) electrons. The van der Waals surface area contributed by atoms with Crippen molar-refractivity contribution in [2.75, 3.05) is 7.11 Å². The van der Waals surface area contributed by atoms with Crippen LogP contribution in [-0.4, -0.2) is 17.6 Å². The summed E-state index contributed by atoms with van der Waals surface area (Å²) in [6, 6.07) is 6.76. The summed E-state index contributed by atoms with van der Waals surface area (Å²) in [5, 5.41) is 1.30. The van der Waals surface area contributed by atoms with Gasteiger partial charge in [0.25, 0.3) is 0 Å². The van der Waals surface area contributed by atoms with Crippen molar-refractivity contribution in [1.29, 1.82) is 0 Å². The molecule has 3 nitrogen and oxygen atoms in total. The highest BCUT2D eigenvalue weighted by atomic mass is 16.5. The third kappa shape index (κ3) is 2.33. The van der Waals surface area contributed by atoms with Gasteiger partial charge in [-0.1, -0.05) is 26.8 Å². The third-order valence-electron chi connectivity index (χ3n) is 5.02. The van der Waals surface area contributed by atoms with Crippen molar-refractivity contribution in [2.24, 2.45) is 13.0 Å². The average molecular weight is 299 g/mol. The van der Waals surface area contributed by atoms with Gasteiger partial charge < -0.3 is 9.30 Å². The Labute approximate surface area is 132 Å². The number of aromatic nitrogens is 1. The van der Waals surface area contributed by atoms with Gasteiger partial charge in [-0.05, 0) is 47.9 Å². The number of hydrogen-bond acceptors (Lipinski definition) is 2. The van der Waals surface area contributed by atoms with Gasteiger partial charge in [0.2, 0.25) is 0 Å². The van der Waals surface area contributed by atoms with Crippen molar-refractivity contribution in [3.63, 3.8) is 0 Å². The zero-order valence-electron chi connectivity index (χ0n) is 14.2. The van der Waals surface area contributed by atoms with E-state index in [1.807, 2.05) is 0 Å². The fourth-order valence-corrected chi connectivity index (χ4v) is 3.61. The SMILES string of the molecule is COC(=O)C1CCc2c(c3cc(C(C)(C)C)ccc3n2C)C1. The summed E-state index contributed by atoms with van der Waals surface area (Å²) >= 11 is 0. The van der Waals surface area contributed by atoms with E-state index in [1.165, 1.54) is 34.8 Å².